The summed E-state index contributed by atoms with van der Waals surface area (Å²) in [5, 5.41) is 6.72. The van der Waals surface area contributed by atoms with Crippen molar-refractivity contribution in [2.45, 2.75) is 12.8 Å². The molecular weight excluding hydrogens is 118 g/mol. The van der Waals surface area contributed by atoms with Gasteiger partial charge in [-0.05, 0) is 29.5 Å². The Hall–Kier alpha value is 0.0200. The molecule has 0 unspecified atom stereocenters. The van der Waals surface area contributed by atoms with Gasteiger partial charge in [-0.25, -0.2) is 0 Å². The number of nitrogens with one attached hydrogen (secondary N) is 1. The first-order chi connectivity index (χ1) is 3.93. The van der Waals surface area contributed by atoms with Crippen molar-refractivity contribution in [1.82, 2.24) is 0 Å². The molecule has 1 nitrogen and oxygen atoms in total. The molecule has 1 saturated heterocycles. The Morgan fingerprint density at radius 2 is 2.00 bits per heavy atom. The van der Waals surface area contributed by atoms with Crippen LogP contribution in [-0.2, 0) is 10.9 Å². The first kappa shape index (κ1) is 6.14. The normalized spacial score (nSPS) is 21.5. The van der Waals surface area contributed by atoms with Crippen LogP contribution in [0, 0.1) is 5.41 Å². The zero-order chi connectivity index (χ0) is 5.82. The number of hydrogen-bond acceptors (Lipinski definition) is 1. The van der Waals surface area contributed by atoms with Crippen molar-refractivity contribution in [3.8, 4) is 0 Å². The van der Waals surface area contributed by atoms with Crippen molar-refractivity contribution in [3.63, 3.8) is 0 Å². The predicted molar refractivity (Wildman–Crippen MR) is 38.9 cm³/mol. The Morgan fingerprint density at radius 3 is 2.50 bits per heavy atom. The molecule has 0 aromatic rings. The van der Waals surface area contributed by atoms with E-state index in [9.17, 15) is 0 Å². The minimum atomic E-state index is 0.574. The lowest BCUT2D eigenvalue weighted by Crippen LogP contribution is -2.08. The van der Waals surface area contributed by atoms with E-state index in [0.29, 0.717) is 10.9 Å². The van der Waals surface area contributed by atoms with E-state index in [1.54, 1.807) is 0 Å². The topological polar surface area (TPSA) is 23.9 Å². The van der Waals surface area contributed by atoms with Gasteiger partial charge in [-0.2, -0.15) is 0 Å². The summed E-state index contributed by atoms with van der Waals surface area (Å²) in [6.07, 6.45) is 5.26. The molecule has 0 atom stereocenters. The van der Waals surface area contributed by atoms with Gasteiger partial charge < -0.3 is 11.6 Å². The molecule has 0 radical (unpaired) electrons. The third kappa shape index (κ3) is 1.51. The van der Waals surface area contributed by atoms with Crippen LogP contribution in [0.5, 0.6) is 0 Å². The maximum atomic E-state index is 6.72. The lowest BCUT2D eigenvalue weighted by atomic mass is 10.4. The molecule has 0 aliphatic carbocycles. The van der Waals surface area contributed by atoms with Crippen LogP contribution in [0.25, 0.3) is 0 Å². The molecule has 1 heterocycles. The van der Waals surface area contributed by atoms with Gasteiger partial charge in [0.2, 0.25) is 0 Å². The molecule has 1 aliphatic heterocycles. The highest BCUT2D eigenvalue weighted by molar-refractivity contribution is 7.97. The maximum absolute atomic E-state index is 6.72. The van der Waals surface area contributed by atoms with Crippen molar-refractivity contribution in [3.05, 3.63) is 0 Å². The number of hydrogen-bond donors (Lipinski definition) is 1. The highest BCUT2D eigenvalue weighted by Crippen LogP contribution is 2.11. The lowest BCUT2D eigenvalue weighted by Gasteiger charge is -1.99. The number of rotatable bonds is 2. The van der Waals surface area contributed by atoms with Crippen molar-refractivity contribution >= 4 is 17.1 Å². The summed E-state index contributed by atoms with van der Waals surface area (Å²) in [4.78, 5) is 0. The zero-order valence-electron chi connectivity index (χ0n) is 4.94. The fraction of sp³-hybridized carbons (Fsp3) is 0.833. The minimum absolute atomic E-state index is 0.574. The summed E-state index contributed by atoms with van der Waals surface area (Å²) in [6.45, 7) is 0. The van der Waals surface area contributed by atoms with Crippen LogP contribution >= 0.6 is 0 Å². The molecule has 1 N–H and O–H groups in total. The van der Waals surface area contributed by atoms with Crippen molar-refractivity contribution in [1.29, 1.82) is 5.41 Å². The van der Waals surface area contributed by atoms with Gasteiger partial charge in [-0.1, -0.05) is 0 Å². The smallest absolute Gasteiger partial charge is 0.105 e. The highest BCUT2D eigenvalue weighted by atomic mass is 32.2. The molecule has 46 valence electrons. The Labute approximate surface area is 53.3 Å². The molecule has 0 aromatic heterocycles. The second-order valence-electron chi connectivity index (χ2n) is 2.05. The Bertz CT molecular complexity index is 76.6. The average molecular weight is 129 g/mol. The third-order valence-electron chi connectivity index (χ3n) is 1.39. The standard InChI is InChI=1S/C6H11NS/c7-3-6-8-4-1-2-5-8/h7H,1-2,4-6H2. The average Bonchev–Trinajstić information content (AvgIpc) is 2.19. The van der Waals surface area contributed by atoms with E-state index in [1.807, 2.05) is 0 Å². The van der Waals surface area contributed by atoms with Crippen LogP contribution in [0.3, 0.4) is 0 Å². The fourth-order valence-electron chi connectivity index (χ4n) is 0.961. The first-order valence-corrected chi connectivity index (χ1v) is 4.70. The Kier molecular flexibility index (Phi) is 2.40. The summed E-state index contributed by atoms with van der Waals surface area (Å²) in [5.74, 6) is 3.66. The van der Waals surface area contributed by atoms with Crippen LogP contribution in [0.15, 0.2) is 0 Å². The van der Waals surface area contributed by atoms with Crippen molar-refractivity contribution < 1.29 is 0 Å². The monoisotopic (exact) mass is 129 g/mol. The van der Waals surface area contributed by atoms with E-state index in [4.69, 9.17) is 5.41 Å². The van der Waals surface area contributed by atoms with Gasteiger partial charge in [0.1, 0.15) is 11.5 Å². The van der Waals surface area contributed by atoms with E-state index in [-0.39, 0.29) is 0 Å². The molecule has 0 aromatic carbocycles. The van der Waals surface area contributed by atoms with Gasteiger partial charge >= 0.3 is 0 Å². The van der Waals surface area contributed by atoms with Gasteiger partial charge in [-0.3, -0.25) is 0 Å². The van der Waals surface area contributed by atoms with Crippen molar-refractivity contribution in [2.24, 2.45) is 0 Å². The lowest BCUT2D eigenvalue weighted by molar-refractivity contribution is 0.949. The van der Waals surface area contributed by atoms with E-state index in [0.717, 1.165) is 5.75 Å². The SMILES string of the molecule is N=[C-]C[S+]1CCCC1. The highest BCUT2D eigenvalue weighted by Gasteiger charge is 2.18. The molecule has 2 heteroatoms. The quantitative estimate of drug-likeness (QED) is 0.326. The second-order valence-corrected chi connectivity index (χ2v) is 4.38. The van der Waals surface area contributed by atoms with E-state index in [1.165, 1.54) is 24.3 Å². The van der Waals surface area contributed by atoms with Gasteiger partial charge in [-0.15, -0.1) is 0 Å². The molecule has 0 saturated carbocycles. The van der Waals surface area contributed by atoms with Crippen LogP contribution in [-0.4, -0.2) is 23.5 Å². The van der Waals surface area contributed by atoms with Crippen LogP contribution < -0.4 is 0 Å². The molecule has 0 bridgehead atoms. The van der Waals surface area contributed by atoms with Gasteiger partial charge in [0, 0.05) is 0 Å². The second kappa shape index (κ2) is 3.13. The summed E-state index contributed by atoms with van der Waals surface area (Å²) < 4.78 is 0. The summed E-state index contributed by atoms with van der Waals surface area (Å²) in [5.41, 5.74) is 0. The summed E-state index contributed by atoms with van der Waals surface area (Å²) >= 11 is 0. The van der Waals surface area contributed by atoms with Gasteiger partial charge in [0.25, 0.3) is 0 Å². The molecule has 1 rings (SSSR count). The largest absolute Gasteiger partial charge is 0.514 e. The Morgan fingerprint density at radius 1 is 1.38 bits per heavy atom. The minimum Gasteiger partial charge on any atom is -0.514 e. The molecular formula is C6H11NS. The predicted octanol–water partition coefficient (Wildman–Crippen LogP) is 0.925. The molecule has 0 spiro atoms. The molecule has 8 heavy (non-hydrogen) atoms. The van der Waals surface area contributed by atoms with Crippen LogP contribution in [0.4, 0.5) is 0 Å². The van der Waals surface area contributed by atoms with Gasteiger partial charge in [0.15, 0.2) is 0 Å². The van der Waals surface area contributed by atoms with Gasteiger partial charge in [0.05, 0.1) is 0 Å². The summed E-state index contributed by atoms with van der Waals surface area (Å²) in [7, 11) is 0.574. The summed E-state index contributed by atoms with van der Waals surface area (Å²) in [6, 6.07) is 0. The van der Waals surface area contributed by atoms with E-state index in [2.05, 4.69) is 6.21 Å². The first-order valence-electron chi connectivity index (χ1n) is 2.97. The Balaban J connectivity index is 2.14. The van der Waals surface area contributed by atoms with Crippen LogP contribution in [0.1, 0.15) is 12.8 Å². The van der Waals surface area contributed by atoms with Crippen molar-refractivity contribution in [2.75, 3.05) is 17.3 Å². The van der Waals surface area contributed by atoms with E-state index < -0.39 is 0 Å². The molecule has 0 amide bonds. The zero-order valence-corrected chi connectivity index (χ0v) is 5.76. The van der Waals surface area contributed by atoms with E-state index >= 15 is 0 Å². The maximum Gasteiger partial charge on any atom is 0.105 e. The fourth-order valence-corrected chi connectivity index (χ4v) is 2.88. The third-order valence-corrected chi connectivity index (χ3v) is 3.68. The molecule has 1 fully saturated rings. The van der Waals surface area contributed by atoms with Crippen LogP contribution in [0.2, 0.25) is 0 Å². The molecule has 1 aliphatic rings.